The normalized spacial score (nSPS) is 11.5. The Balaban J connectivity index is 2.68. The largest absolute Gasteiger partial charge is 0.337 e. The van der Waals surface area contributed by atoms with E-state index in [1.807, 2.05) is 31.7 Å². The Morgan fingerprint density at radius 1 is 1.67 bits per heavy atom. The Labute approximate surface area is 98.4 Å². The van der Waals surface area contributed by atoms with Gasteiger partial charge in [-0.15, -0.1) is 0 Å². The van der Waals surface area contributed by atoms with Crippen molar-refractivity contribution < 1.29 is 4.79 Å². The van der Waals surface area contributed by atoms with Crippen LogP contribution in [-0.4, -0.2) is 31.7 Å². The summed E-state index contributed by atoms with van der Waals surface area (Å²) in [5.74, 6) is 0.924. The van der Waals surface area contributed by atoms with Crippen LogP contribution in [0, 0.1) is 0 Å². The number of amides is 1. The van der Waals surface area contributed by atoms with E-state index in [1.54, 1.807) is 18.1 Å². The first-order valence-electron chi connectivity index (χ1n) is 4.73. The third kappa shape index (κ3) is 3.06. The molecular formula is C10H16BrN3O. The van der Waals surface area contributed by atoms with Gasteiger partial charge in [0.2, 0.25) is 5.91 Å². The molecule has 0 saturated heterocycles. The first-order chi connectivity index (χ1) is 6.82. The van der Waals surface area contributed by atoms with E-state index in [2.05, 4.69) is 20.9 Å². The molecule has 0 radical (unpaired) electrons. The van der Waals surface area contributed by atoms with Crippen LogP contribution < -0.4 is 0 Å². The Kier molecular flexibility index (Phi) is 3.54. The van der Waals surface area contributed by atoms with Crippen molar-refractivity contribution in [3.8, 4) is 0 Å². The van der Waals surface area contributed by atoms with E-state index in [4.69, 9.17) is 0 Å². The molecule has 1 heterocycles. The molecule has 84 valence electrons. The molecule has 5 heteroatoms. The average Bonchev–Trinajstić information content (AvgIpc) is 2.49. The summed E-state index contributed by atoms with van der Waals surface area (Å²) < 4.78 is 1.39. The molecule has 0 bridgehead atoms. The van der Waals surface area contributed by atoms with Gasteiger partial charge in [0.15, 0.2) is 0 Å². The summed E-state index contributed by atoms with van der Waals surface area (Å²) >= 11 is 3.35. The standard InChI is InChI=1S/C10H16BrN3O/c1-10(2,11)9(15)14(4)7-8-12-5-6-13(8)3/h5-6H,7H2,1-4H3. The summed E-state index contributed by atoms with van der Waals surface area (Å²) in [6, 6.07) is 0. The van der Waals surface area contributed by atoms with Gasteiger partial charge < -0.3 is 9.47 Å². The predicted molar refractivity (Wildman–Crippen MR) is 62.7 cm³/mol. The highest BCUT2D eigenvalue weighted by Gasteiger charge is 2.27. The van der Waals surface area contributed by atoms with E-state index < -0.39 is 4.32 Å². The van der Waals surface area contributed by atoms with Gasteiger partial charge in [-0.05, 0) is 13.8 Å². The summed E-state index contributed by atoms with van der Waals surface area (Å²) in [6.45, 7) is 4.20. The topological polar surface area (TPSA) is 38.1 Å². The second-order valence-corrected chi connectivity index (χ2v) is 6.07. The molecule has 0 aliphatic rings. The van der Waals surface area contributed by atoms with Crippen LogP contribution >= 0.6 is 15.9 Å². The number of carbonyl (C=O) groups excluding carboxylic acids is 1. The molecule has 0 N–H and O–H groups in total. The molecule has 1 rings (SSSR count). The monoisotopic (exact) mass is 273 g/mol. The molecule has 1 amide bonds. The van der Waals surface area contributed by atoms with Crippen LogP contribution in [0.2, 0.25) is 0 Å². The van der Waals surface area contributed by atoms with Crippen LogP contribution in [0.15, 0.2) is 12.4 Å². The van der Waals surface area contributed by atoms with E-state index in [-0.39, 0.29) is 5.91 Å². The molecule has 1 aromatic rings. The second kappa shape index (κ2) is 4.35. The highest BCUT2D eigenvalue weighted by Crippen LogP contribution is 2.19. The van der Waals surface area contributed by atoms with Crippen molar-refractivity contribution in [1.29, 1.82) is 0 Å². The molecule has 0 fully saturated rings. The quantitative estimate of drug-likeness (QED) is 0.784. The maximum atomic E-state index is 11.8. The van der Waals surface area contributed by atoms with Crippen LogP contribution in [0.3, 0.4) is 0 Å². The zero-order valence-corrected chi connectivity index (χ0v) is 11.1. The molecule has 0 aliphatic carbocycles. The highest BCUT2D eigenvalue weighted by molar-refractivity contribution is 9.10. The van der Waals surface area contributed by atoms with Crippen LogP contribution in [0.4, 0.5) is 0 Å². The summed E-state index contributed by atoms with van der Waals surface area (Å²) in [6.07, 6.45) is 3.60. The van der Waals surface area contributed by atoms with Crippen LogP contribution in [-0.2, 0) is 18.4 Å². The van der Waals surface area contributed by atoms with E-state index >= 15 is 0 Å². The number of nitrogens with zero attached hydrogens (tertiary/aromatic N) is 3. The van der Waals surface area contributed by atoms with Crippen molar-refractivity contribution >= 4 is 21.8 Å². The Bertz CT molecular complexity index is 354. The van der Waals surface area contributed by atoms with Crippen molar-refractivity contribution in [2.24, 2.45) is 7.05 Å². The van der Waals surface area contributed by atoms with Gasteiger partial charge in [0.25, 0.3) is 0 Å². The predicted octanol–water partition coefficient (Wildman–Crippen LogP) is 1.55. The van der Waals surface area contributed by atoms with Crippen LogP contribution in [0.1, 0.15) is 19.7 Å². The number of hydrogen-bond donors (Lipinski definition) is 0. The minimum atomic E-state index is -0.521. The fourth-order valence-corrected chi connectivity index (χ4v) is 1.59. The number of carbonyl (C=O) groups is 1. The van der Waals surface area contributed by atoms with Crippen molar-refractivity contribution in [1.82, 2.24) is 14.5 Å². The minimum absolute atomic E-state index is 0.0468. The lowest BCUT2D eigenvalue weighted by atomic mass is 10.2. The van der Waals surface area contributed by atoms with Crippen molar-refractivity contribution in [2.45, 2.75) is 24.7 Å². The first-order valence-corrected chi connectivity index (χ1v) is 5.52. The van der Waals surface area contributed by atoms with Gasteiger partial charge in [-0.25, -0.2) is 4.98 Å². The Hall–Kier alpha value is -0.840. The molecule has 0 spiro atoms. The number of alkyl halides is 1. The van der Waals surface area contributed by atoms with E-state index in [1.165, 1.54) is 0 Å². The SMILES string of the molecule is CN(Cc1nccn1C)C(=O)C(C)(C)Br. The maximum Gasteiger partial charge on any atom is 0.239 e. The van der Waals surface area contributed by atoms with Crippen LogP contribution in [0.25, 0.3) is 0 Å². The smallest absolute Gasteiger partial charge is 0.239 e. The number of aryl methyl sites for hydroxylation is 1. The molecule has 0 aliphatic heterocycles. The van der Waals surface area contributed by atoms with Gasteiger partial charge in [-0.2, -0.15) is 0 Å². The van der Waals surface area contributed by atoms with E-state index in [0.717, 1.165) is 5.82 Å². The number of aromatic nitrogens is 2. The molecule has 0 aromatic carbocycles. The number of hydrogen-bond acceptors (Lipinski definition) is 2. The van der Waals surface area contributed by atoms with Gasteiger partial charge in [0.05, 0.1) is 10.9 Å². The van der Waals surface area contributed by atoms with Gasteiger partial charge in [0.1, 0.15) is 5.82 Å². The van der Waals surface area contributed by atoms with Gasteiger partial charge in [-0.3, -0.25) is 4.79 Å². The third-order valence-electron chi connectivity index (χ3n) is 2.15. The van der Waals surface area contributed by atoms with Crippen molar-refractivity contribution in [3.63, 3.8) is 0 Å². The first kappa shape index (κ1) is 12.2. The summed E-state index contributed by atoms with van der Waals surface area (Å²) in [4.78, 5) is 17.7. The Morgan fingerprint density at radius 3 is 2.67 bits per heavy atom. The van der Waals surface area contributed by atoms with Crippen molar-refractivity contribution in [3.05, 3.63) is 18.2 Å². The molecule has 0 unspecified atom stereocenters. The molecule has 0 atom stereocenters. The number of imidazole rings is 1. The lowest BCUT2D eigenvalue weighted by Crippen LogP contribution is -2.39. The molecule has 0 saturated carbocycles. The lowest BCUT2D eigenvalue weighted by Gasteiger charge is -2.24. The number of halogens is 1. The molecular weight excluding hydrogens is 258 g/mol. The third-order valence-corrected chi connectivity index (χ3v) is 2.49. The molecule has 1 aromatic heterocycles. The summed E-state index contributed by atoms with van der Waals surface area (Å²) in [5, 5.41) is 0. The second-order valence-electron chi connectivity index (χ2n) is 4.09. The zero-order valence-electron chi connectivity index (χ0n) is 9.49. The lowest BCUT2D eigenvalue weighted by molar-refractivity contribution is -0.132. The van der Waals surface area contributed by atoms with Gasteiger partial charge >= 0.3 is 0 Å². The van der Waals surface area contributed by atoms with Gasteiger partial charge in [-0.1, -0.05) is 15.9 Å². The fourth-order valence-electron chi connectivity index (χ4n) is 1.29. The van der Waals surface area contributed by atoms with Crippen molar-refractivity contribution in [2.75, 3.05) is 7.05 Å². The van der Waals surface area contributed by atoms with Gasteiger partial charge in [0, 0.05) is 26.5 Å². The molecule has 4 nitrogen and oxygen atoms in total. The zero-order chi connectivity index (χ0) is 11.6. The Morgan fingerprint density at radius 2 is 2.27 bits per heavy atom. The molecule has 15 heavy (non-hydrogen) atoms. The fraction of sp³-hybridized carbons (Fsp3) is 0.600. The van der Waals surface area contributed by atoms with E-state index in [0.29, 0.717) is 6.54 Å². The highest BCUT2D eigenvalue weighted by atomic mass is 79.9. The van der Waals surface area contributed by atoms with E-state index in [9.17, 15) is 4.79 Å². The average molecular weight is 274 g/mol. The number of rotatable bonds is 3. The minimum Gasteiger partial charge on any atom is -0.337 e. The maximum absolute atomic E-state index is 11.8. The summed E-state index contributed by atoms with van der Waals surface area (Å²) in [7, 11) is 3.69. The summed E-state index contributed by atoms with van der Waals surface area (Å²) in [5.41, 5.74) is 0. The van der Waals surface area contributed by atoms with Crippen LogP contribution in [0.5, 0.6) is 0 Å².